The summed E-state index contributed by atoms with van der Waals surface area (Å²) in [6.07, 6.45) is 3.36. The molecule has 29 heavy (non-hydrogen) atoms. The normalized spacial score (nSPS) is 20.0. The molecule has 0 amide bonds. The molecule has 0 saturated heterocycles. The molecule has 7 nitrogen and oxygen atoms in total. The Hall–Kier alpha value is -2.14. The van der Waals surface area contributed by atoms with Crippen LogP contribution >= 0.6 is 0 Å². The Labute approximate surface area is 167 Å². The number of fused-ring (bicyclic) bond motifs is 1. The number of H-pyrrole nitrogens is 1. The summed E-state index contributed by atoms with van der Waals surface area (Å²) < 4.78 is 63.3. The quantitative estimate of drug-likeness (QED) is 0.669. The summed E-state index contributed by atoms with van der Waals surface area (Å²) in [6, 6.07) is 2.17. The number of hydrogen-bond acceptors (Lipinski definition) is 5. The van der Waals surface area contributed by atoms with Gasteiger partial charge in [0.15, 0.2) is 5.83 Å². The minimum atomic E-state index is -3.64. The van der Waals surface area contributed by atoms with Gasteiger partial charge in [0.2, 0.25) is 10.0 Å². The van der Waals surface area contributed by atoms with Gasteiger partial charge in [-0.15, -0.1) is 0 Å². The van der Waals surface area contributed by atoms with Gasteiger partial charge in [0.25, 0.3) is 0 Å². The fraction of sp³-hybridized carbons (Fsp3) is 0.556. The van der Waals surface area contributed by atoms with E-state index in [1.54, 1.807) is 0 Å². The number of aromatic amines is 1. The van der Waals surface area contributed by atoms with Gasteiger partial charge >= 0.3 is 6.08 Å². The zero-order valence-corrected chi connectivity index (χ0v) is 16.9. The van der Waals surface area contributed by atoms with E-state index in [2.05, 4.69) is 24.6 Å². The molecule has 0 bridgehead atoms. The highest BCUT2D eigenvalue weighted by Crippen LogP contribution is 2.32. The average Bonchev–Trinajstić information content (AvgIpc) is 3.16. The summed E-state index contributed by atoms with van der Waals surface area (Å²) in [5.74, 6) is -0.850. The van der Waals surface area contributed by atoms with Crippen molar-refractivity contribution in [3.63, 3.8) is 0 Å². The maximum atomic E-state index is 12.8. The zero-order valence-electron chi connectivity index (χ0n) is 16.0. The van der Waals surface area contributed by atoms with Crippen molar-refractivity contribution in [2.75, 3.05) is 24.2 Å². The molecule has 2 aromatic rings. The van der Waals surface area contributed by atoms with Gasteiger partial charge in [-0.25, -0.2) is 27.5 Å². The summed E-state index contributed by atoms with van der Waals surface area (Å²) in [7, 11) is -1.66. The highest BCUT2D eigenvalue weighted by Gasteiger charge is 2.28. The Morgan fingerprint density at radius 3 is 2.66 bits per heavy atom. The third-order valence-electron chi connectivity index (χ3n) is 5.36. The number of sulfonamides is 1. The molecule has 1 aliphatic rings. The Morgan fingerprint density at radius 1 is 1.24 bits per heavy atom. The lowest BCUT2D eigenvalue weighted by Crippen LogP contribution is -2.38. The van der Waals surface area contributed by atoms with E-state index in [4.69, 9.17) is 0 Å². The van der Waals surface area contributed by atoms with Crippen molar-refractivity contribution >= 4 is 26.9 Å². The van der Waals surface area contributed by atoms with Crippen LogP contribution in [0.3, 0.4) is 0 Å². The van der Waals surface area contributed by atoms with Crippen LogP contribution in [0.2, 0.25) is 0 Å². The van der Waals surface area contributed by atoms with Gasteiger partial charge in [0, 0.05) is 32.3 Å². The molecule has 11 heteroatoms. The number of nitrogens with one attached hydrogen (secondary N) is 2. The second-order valence-electron chi connectivity index (χ2n) is 7.31. The summed E-state index contributed by atoms with van der Waals surface area (Å²) >= 11 is 0. The maximum absolute atomic E-state index is 12.8. The minimum absolute atomic E-state index is 0.0203. The van der Waals surface area contributed by atoms with E-state index in [1.165, 1.54) is 6.33 Å². The lowest BCUT2D eigenvalue weighted by Gasteiger charge is -2.35. The van der Waals surface area contributed by atoms with Crippen LogP contribution in [0.15, 0.2) is 30.5 Å². The number of nitrogens with zero attached hydrogens (tertiary/aromatic N) is 3. The first-order valence-corrected chi connectivity index (χ1v) is 11.1. The second-order valence-corrected chi connectivity index (χ2v) is 9.17. The van der Waals surface area contributed by atoms with Crippen molar-refractivity contribution in [2.24, 2.45) is 5.92 Å². The van der Waals surface area contributed by atoms with Gasteiger partial charge in [-0.3, -0.25) is 0 Å². The fourth-order valence-electron chi connectivity index (χ4n) is 3.79. The van der Waals surface area contributed by atoms with Crippen LogP contribution in [-0.4, -0.2) is 48.8 Å². The van der Waals surface area contributed by atoms with E-state index in [0.717, 1.165) is 42.5 Å². The molecule has 0 aromatic carbocycles. The van der Waals surface area contributed by atoms with E-state index in [9.17, 15) is 21.6 Å². The molecule has 2 aromatic heterocycles. The topological polar surface area (TPSA) is 91.0 Å². The third-order valence-corrected chi connectivity index (χ3v) is 6.91. The molecule has 1 aliphatic carbocycles. The molecule has 1 saturated carbocycles. The van der Waals surface area contributed by atoms with Crippen LogP contribution in [0.1, 0.15) is 32.1 Å². The summed E-state index contributed by atoms with van der Waals surface area (Å²) in [5.41, 5.74) is 0.770. The molecule has 3 rings (SSSR count). The summed E-state index contributed by atoms with van der Waals surface area (Å²) in [5, 5.41) is 0.940. The molecule has 2 heterocycles. The van der Waals surface area contributed by atoms with Gasteiger partial charge < -0.3 is 9.88 Å². The predicted molar refractivity (Wildman–Crippen MR) is 105 cm³/mol. The average molecular weight is 431 g/mol. The van der Waals surface area contributed by atoms with Gasteiger partial charge in [-0.1, -0.05) is 0 Å². The Balaban J connectivity index is 1.51. The summed E-state index contributed by atoms with van der Waals surface area (Å²) in [6.45, 7) is -0.371. The van der Waals surface area contributed by atoms with E-state index >= 15 is 0 Å². The maximum Gasteiger partial charge on any atom is 0.301 e. The standard InChI is InChI=1S/C18H24F3N5O2S/c1-26(18-14-6-8-22-17(14)23-11-24-18)13-4-2-12(3-5-13)10-29(27,28)25-9-7-15(19)16(20)21/h6,8,11-13,25H,2-5,7,9-10H2,1H3,(H,22,23,24). The first-order valence-electron chi connectivity index (χ1n) is 9.44. The van der Waals surface area contributed by atoms with E-state index in [-0.39, 0.29) is 24.3 Å². The molecule has 0 radical (unpaired) electrons. The number of aromatic nitrogens is 3. The van der Waals surface area contributed by atoms with Crippen molar-refractivity contribution < 1.29 is 21.6 Å². The fourth-order valence-corrected chi connectivity index (χ4v) is 5.28. The Bertz CT molecular complexity index is 967. The van der Waals surface area contributed by atoms with Gasteiger partial charge in [0.1, 0.15) is 17.8 Å². The van der Waals surface area contributed by atoms with Crippen LogP contribution in [-0.2, 0) is 10.0 Å². The molecule has 0 spiro atoms. The molecule has 1 fully saturated rings. The number of anilines is 1. The van der Waals surface area contributed by atoms with Crippen molar-refractivity contribution in [1.82, 2.24) is 19.7 Å². The van der Waals surface area contributed by atoms with Crippen LogP contribution in [0.4, 0.5) is 19.0 Å². The highest BCUT2D eigenvalue weighted by atomic mass is 32.2. The Morgan fingerprint density at radius 2 is 1.97 bits per heavy atom. The number of rotatable bonds is 8. The van der Waals surface area contributed by atoms with E-state index < -0.39 is 28.4 Å². The lowest BCUT2D eigenvalue weighted by atomic mass is 9.86. The van der Waals surface area contributed by atoms with Crippen LogP contribution in [0.25, 0.3) is 11.0 Å². The monoisotopic (exact) mass is 431 g/mol. The highest BCUT2D eigenvalue weighted by molar-refractivity contribution is 7.89. The second kappa shape index (κ2) is 9.12. The predicted octanol–water partition coefficient (Wildman–Crippen LogP) is 3.34. The van der Waals surface area contributed by atoms with Crippen molar-refractivity contribution in [3.8, 4) is 0 Å². The largest absolute Gasteiger partial charge is 0.356 e. The molecular formula is C18H24F3N5O2S. The van der Waals surface area contributed by atoms with Crippen molar-refractivity contribution in [1.29, 1.82) is 0 Å². The first kappa shape index (κ1) is 21.6. The molecule has 0 aliphatic heterocycles. The lowest BCUT2D eigenvalue weighted by molar-refractivity contribution is 0.340. The minimum Gasteiger partial charge on any atom is -0.356 e. The zero-order chi connectivity index (χ0) is 21.0. The molecule has 2 N–H and O–H groups in total. The Kier molecular flexibility index (Phi) is 6.78. The van der Waals surface area contributed by atoms with E-state index in [0.29, 0.717) is 0 Å². The third kappa shape index (κ3) is 5.47. The van der Waals surface area contributed by atoms with Crippen molar-refractivity contribution in [3.05, 3.63) is 30.5 Å². The van der Waals surface area contributed by atoms with Crippen LogP contribution in [0.5, 0.6) is 0 Å². The van der Waals surface area contributed by atoms with Gasteiger partial charge in [0.05, 0.1) is 11.1 Å². The van der Waals surface area contributed by atoms with Gasteiger partial charge in [-0.05, 0) is 37.7 Å². The molecule has 160 valence electrons. The van der Waals surface area contributed by atoms with Crippen LogP contribution < -0.4 is 9.62 Å². The molecular weight excluding hydrogens is 407 g/mol. The number of halogens is 3. The summed E-state index contributed by atoms with van der Waals surface area (Å²) in [4.78, 5) is 13.8. The SMILES string of the molecule is CN(c1ncnc2[nH]ccc12)C1CCC(CS(=O)(=O)NCCC(F)=C(F)F)CC1. The van der Waals surface area contributed by atoms with Gasteiger partial charge in [-0.2, -0.15) is 8.78 Å². The smallest absolute Gasteiger partial charge is 0.301 e. The number of hydrogen-bond donors (Lipinski definition) is 2. The van der Waals surface area contributed by atoms with Crippen LogP contribution in [0, 0.1) is 5.92 Å². The van der Waals surface area contributed by atoms with Crippen molar-refractivity contribution in [2.45, 2.75) is 38.1 Å². The van der Waals surface area contributed by atoms with E-state index in [1.807, 2.05) is 19.3 Å². The first-order chi connectivity index (χ1) is 13.8. The molecule has 0 unspecified atom stereocenters. The molecule has 0 atom stereocenters.